The van der Waals surface area contributed by atoms with Crippen molar-refractivity contribution in [2.75, 3.05) is 40.4 Å². The minimum Gasteiger partial charge on any atom is -0.497 e. The van der Waals surface area contributed by atoms with Crippen LogP contribution in [0.3, 0.4) is 0 Å². The molecule has 1 fully saturated rings. The lowest BCUT2D eigenvalue weighted by Crippen LogP contribution is -2.43. The molecule has 0 spiro atoms. The second-order valence-electron chi connectivity index (χ2n) is 6.07. The zero-order chi connectivity index (χ0) is 17.5. The van der Waals surface area contributed by atoms with Crippen LogP contribution in [0.5, 0.6) is 11.5 Å². The van der Waals surface area contributed by atoms with E-state index in [0.29, 0.717) is 0 Å². The van der Waals surface area contributed by atoms with Gasteiger partial charge in [0.05, 0.1) is 20.4 Å². The van der Waals surface area contributed by atoms with Crippen LogP contribution in [0.1, 0.15) is 11.1 Å². The Morgan fingerprint density at radius 2 is 1.72 bits per heavy atom. The van der Waals surface area contributed by atoms with Crippen LogP contribution in [0.15, 0.2) is 53.6 Å². The van der Waals surface area contributed by atoms with Crippen LogP contribution in [0.2, 0.25) is 0 Å². The van der Waals surface area contributed by atoms with Crippen LogP contribution in [0.25, 0.3) is 0 Å². The van der Waals surface area contributed by atoms with E-state index < -0.39 is 0 Å². The van der Waals surface area contributed by atoms with Crippen molar-refractivity contribution in [3.8, 4) is 11.5 Å². The molecule has 1 saturated heterocycles. The van der Waals surface area contributed by atoms with Gasteiger partial charge in [-0.05, 0) is 17.7 Å². The Morgan fingerprint density at radius 3 is 2.40 bits per heavy atom. The van der Waals surface area contributed by atoms with Crippen molar-refractivity contribution in [2.24, 2.45) is 5.10 Å². The van der Waals surface area contributed by atoms with Crippen LogP contribution >= 0.6 is 0 Å². The number of ether oxygens (including phenoxy) is 2. The second-order valence-corrected chi connectivity index (χ2v) is 6.07. The molecule has 5 nitrogen and oxygen atoms in total. The Labute approximate surface area is 149 Å². The Bertz CT molecular complexity index is 695. The van der Waals surface area contributed by atoms with E-state index >= 15 is 0 Å². The molecule has 1 heterocycles. The van der Waals surface area contributed by atoms with Crippen LogP contribution in [-0.2, 0) is 6.54 Å². The molecule has 0 aliphatic carbocycles. The molecule has 0 atom stereocenters. The van der Waals surface area contributed by atoms with Crippen molar-refractivity contribution in [2.45, 2.75) is 6.54 Å². The first-order chi connectivity index (χ1) is 12.3. The molecule has 0 unspecified atom stereocenters. The van der Waals surface area contributed by atoms with Gasteiger partial charge in [0.1, 0.15) is 11.5 Å². The average Bonchev–Trinajstić information content (AvgIpc) is 2.68. The smallest absolute Gasteiger partial charge is 0.131 e. The zero-order valence-corrected chi connectivity index (χ0v) is 14.9. The third-order valence-electron chi connectivity index (χ3n) is 4.40. The van der Waals surface area contributed by atoms with Crippen molar-refractivity contribution >= 4 is 6.21 Å². The van der Waals surface area contributed by atoms with Gasteiger partial charge in [-0.3, -0.25) is 9.91 Å². The Kier molecular flexibility index (Phi) is 5.90. The van der Waals surface area contributed by atoms with Gasteiger partial charge >= 0.3 is 0 Å². The van der Waals surface area contributed by atoms with Gasteiger partial charge in [-0.1, -0.05) is 30.3 Å². The lowest BCUT2D eigenvalue weighted by molar-refractivity contribution is 0.131. The summed E-state index contributed by atoms with van der Waals surface area (Å²) in [6.07, 6.45) is 1.87. The van der Waals surface area contributed by atoms with Crippen LogP contribution in [0, 0.1) is 0 Å². The molecular formula is C20H25N3O2. The van der Waals surface area contributed by atoms with E-state index in [1.54, 1.807) is 14.2 Å². The van der Waals surface area contributed by atoms with Gasteiger partial charge in [0.2, 0.25) is 0 Å². The minimum atomic E-state index is 0.769. The average molecular weight is 339 g/mol. The summed E-state index contributed by atoms with van der Waals surface area (Å²) in [5.74, 6) is 1.55. The van der Waals surface area contributed by atoms with E-state index in [0.717, 1.165) is 49.8 Å². The number of piperazine rings is 1. The summed E-state index contributed by atoms with van der Waals surface area (Å²) in [5, 5.41) is 6.74. The summed E-state index contributed by atoms with van der Waals surface area (Å²) in [6, 6.07) is 16.4. The highest BCUT2D eigenvalue weighted by Crippen LogP contribution is 2.23. The van der Waals surface area contributed by atoms with Crippen LogP contribution in [-0.4, -0.2) is 56.5 Å². The van der Waals surface area contributed by atoms with Gasteiger partial charge < -0.3 is 9.47 Å². The SMILES string of the molecule is COc1ccc(/C=N/N2CCN(Cc3ccccc3)CC2)c(OC)c1. The molecule has 2 aromatic carbocycles. The molecule has 0 N–H and O–H groups in total. The molecule has 0 radical (unpaired) electrons. The minimum absolute atomic E-state index is 0.769. The first kappa shape index (κ1) is 17.3. The third-order valence-corrected chi connectivity index (χ3v) is 4.40. The third kappa shape index (κ3) is 4.73. The molecule has 0 aromatic heterocycles. The molecule has 132 valence electrons. The van der Waals surface area contributed by atoms with Crippen molar-refractivity contribution in [3.05, 3.63) is 59.7 Å². The van der Waals surface area contributed by atoms with Gasteiger partial charge in [-0.25, -0.2) is 0 Å². The quantitative estimate of drug-likeness (QED) is 0.759. The number of benzene rings is 2. The Morgan fingerprint density at radius 1 is 0.960 bits per heavy atom. The van der Waals surface area contributed by atoms with Gasteiger partial charge in [0, 0.05) is 44.4 Å². The van der Waals surface area contributed by atoms with Gasteiger partial charge in [-0.15, -0.1) is 0 Å². The lowest BCUT2D eigenvalue weighted by Gasteiger charge is -2.33. The summed E-state index contributed by atoms with van der Waals surface area (Å²) in [6.45, 7) is 4.91. The Hall–Kier alpha value is -2.53. The maximum Gasteiger partial charge on any atom is 0.131 e. The first-order valence-corrected chi connectivity index (χ1v) is 8.56. The van der Waals surface area contributed by atoms with E-state index in [1.165, 1.54) is 5.56 Å². The number of hydrogen-bond donors (Lipinski definition) is 0. The van der Waals surface area contributed by atoms with Crippen molar-refractivity contribution < 1.29 is 9.47 Å². The number of nitrogens with zero attached hydrogens (tertiary/aromatic N) is 3. The highest BCUT2D eigenvalue weighted by molar-refractivity contribution is 5.83. The molecule has 3 rings (SSSR count). The van der Waals surface area contributed by atoms with Crippen LogP contribution in [0.4, 0.5) is 0 Å². The highest BCUT2D eigenvalue weighted by Gasteiger charge is 2.15. The maximum atomic E-state index is 5.41. The van der Waals surface area contributed by atoms with Gasteiger partial charge in [0.25, 0.3) is 0 Å². The number of hydrogen-bond acceptors (Lipinski definition) is 5. The van der Waals surface area contributed by atoms with E-state index in [1.807, 2.05) is 24.4 Å². The fourth-order valence-corrected chi connectivity index (χ4v) is 2.92. The fourth-order valence-electron chi connectivity index (χ4n) is 2.92. The normalized spacial score (nSPS) is 15.5. The molecule has 1 aliphatic rings. The predicted molar refractivity (Wildman–Crippen MR) is 100 cm³/mol. The van der Waals surface area contributed by atoms with E-state index in [4.69, 9.17) is 9.47 Å². The number of hydrazone groups is 1. The van der Waals surface area contributed by atoms with E-state index in [9.17, 15) is 0 Å². The van der Waals surface area contributed by atoms with Crippen molar-refractivity contribution in [1.29, 1.82) is 0 Å². The molecule has 0 amide bonds. The molecular weight excluding hydrogens is 314 g/mol. The summed E-state index contributed by atoms with van der Waals surface area (Å²) >= 11 is 0. The monoisotopic (exact) mass is 339 g/mol. The summed E-state index contributed by atoms with van der Waals surface area (Å²) in [5.41, 5.74) is 2.32. The summed E-state index contributed by atoms with van der Waals surface area (Å²) in [4.78, 5) is 2.47. The molecule has 25 heavy (non-hydrogen) atoms. The summed E-state index contributed by atoms with van der Waals surface area (Å²) < 4.78 is 10.6. The van der Waals surface area contributed by atoms with E-state index in [-0.39, 0.29) is 0 Å². The van der Waals surface area contributed by atoms with E-state index in [2.05, 4.69) is 45.3 Å². The molecule has 0 bridgehead atoms. The second kappa shape index (κ2) is 8.53. The van der Waals surface area contributed by atoms with Gasteiger partial charge in [0.15, 0.2) is 0 Å². The highest BCUT2D eigenvalue weighted by atomic mass is 16.5. The summed E-state index contributed by atoms with van der Waals surface area (Å²) in [7, 11) is 3.31. The largest absolute Gasteiger partial charge is 0.497 e. The van der Waals surface area contributed by atoms with Crippen molar-refractivity contribution in [1.82, 2.24) is 9.91 Å². The maximum absolute atomic E-state index is 5.41. The topological polar surface area (TPSA) is 37.3 Å². The van der Waals surface area contributed by atoms with Crippen LogP contribution < -0.4 is 9.47 Å². The standard InChI is InChI=1S/C20H25N3O2/c1-24-19-9-8-18(20(14-19)25-2)15-21-23-12-10-22(11-13-23)16-17-6-4-3-5-7-17/h3-9,14-15H,10-13,16H2,1-2H3/b21-15+. The number of rotatable bonds is 6. The lowest BCUT2D eigenvalue weighted by atomic mass is 10.2. The Balaban J connectivity index is 1.54. The molecule has 1 aliphatic heterocycles. The van der Waals surface area contributed by atoms with Crippen molar-refractivity contribution in [3.63, 3.8) is 0 Å². The predicted octanol–water partition coefficient (Wildman–Crippen LogP) is 2.86. The first-order valence-electron chi connectivity index (χ1n) is 8.56. The zero-order valence-electron chi connectivity index (χ0n) is 14.9. The molecule has 2 aromatic rings. The van der Waals surface area contributed by atoms with Gasteiger partial charge in [-0.2, -0.15) is 5.10 Å². The molecule has 0 saturated carbocycles. The number of methoxy groups -OCH3 is 2. The molecule has 5 heteroatoms. The fraction of sp³-hybridized carbons (Fsp3) is 0.350.